The Morgan fingerprint density at radius 3 is 2.26 bits per heavy atom. The van der Waals surface area contributed by atoms with Gasteiger partial charge in [-0.1, -0.05) is 79.8 Å². The number of likely N-dealkylation sites (N-methyl/N-ethyl adjacent to an activating group) is 1. The van der Waals surface area contributed by atoms with Crippen LogP contribution in [0.5, 0.6) is 11.5 Å². The van der Waals surface area contributed by atoms with Gasteiger partial charge in [0.1, 0.15) is 45.7 Å². The van der Waals surface area contributed by atoms with Gasteiger partial charge < -0.3 is 55.3 Å². The van der Waals surface area contributed by atoms with Gasteiger partial charge in [-0.15, -0.1) is 0 Å². The van der Waals surface area contributed by atoms with Gasteiger partial charge in [-0.2, -0.15) is 10.2 Å². The van der Waals surface area contributed by atoms with E-state index in [0.29, 0.717) is 32.0 Å². The molecule has 456 valence electrons. The second-order valence-electron chi connectivity index (χ2n) is 22.0. The first-order valence-electron chi connectivity index (χ1n) is 27.6. The highest BCUT2D eigenvalue weighted by Crippen LogP contribution is 2.53. The molecule has 5 aromatic carbocycles. The van der Waals surface area contributed by atoms with Gasteiger partial charge in [0.25, 0.3) is 5.91 Å². The number of nitrogens with zero attached hydrogens (tertiary/aromatic N) is 6. The highest BCUT2D eigenvalue weighted by atomic mass is 35.5. The van der Waals surface area contributed by atoms with Gasteiger partial charge in [0.15, 0.2) is 5.82 Å². The minimum atomic E-state index is -1.85. The SMILES string of the molecule is COc1cc(C(=O)NCCOCCOCCN(C)C(=O)CCNc2nc(N3CCN(C(C)=O)CC3)c3cc(Cl)c(-c4c(O)cccc4F)c(F)c3n2)ccc1NC(=O)[C@@H]1N[C@@H](CC(C)(C)C)[C@](C#N)(c2ccc(Cl)cc2F)[C@H]1c1cccc(Cl)c1F. The van der Waals surface area contributed by atoms with Gasteiger partial charge in [0.05, 0.1) is 66.9 Å². The number of aromatic hydroxyl groups is 1. The molecule has 0 saturated carbocycles. The van der Waals surface area contributed by atoms with E-state index in [1.807, 2.05) is 25.7 Å². The maximum absolute atomic E-state index is 16.5. The molecule has 4 amide bonds. The third kappa shape index (κ3) is 14.3. The predicted octanol–water partition coefficient (Wildman–Crippen LogP) is 9.88. The molecule has 0 unspecified atom stereocenters. The van der Waals surface area contributed by atoms with Gasteiger partial charge >= 0.3 is 0 Å². The number of anilines is 3. The number of fused-ring (bicyclic) bond motifs is 1. The molecule has 25 heteroatoms. The number of ether oxygens (including phenoxy) is 3. The number of nitriles is 1. The summed E-state index contributed by atoms with van der Waals surface area (Å²) in [6.07, 6.45) is 0.265. The van der Waals surface area contributed by atoms with Gasteiger partial charge in [0, 0.05) is 105 Å². The molecule has 2 aliphatic rings. The number of methoxy groups -OCH3 is 1. The lowest BCUT2D eigenvalue weighted by molar-refractivity contribution is -0.130. The number of hydrogen-bond acceptors (Lipinski definition) is 14. The number of carbonyl (C=O) groups is 4. The molecule has 2 aliphatic heterocycles. The summed E-state index contributed by atoms with van der Waals surface area (Å²) in [6.45, 7) is 9.87. The van der Waals surface area contributed by atoms with E-state index >= 15 is 17.6 Å². The fraction of sp³-hybridized carbons (Fsp3) is 0.393. The molecule has 1 aromatic heterocycles. The molecule has 6 aromatic rings. The number of benzene rings is 5. The van der Waals surface area contributed by atoms with Gasteiger partial charge in [-0.05, 0) is 72.0 Å². The Morgan fingerprint density at radius 2 is 1.58 bits per heavy atom. The first-order valence-corrected chi connectivity index (χ1v) is 28.8. The van der Waals surface area contributed by atoms with Crippen molar-refractivity contribution in [3.8, 4) is 28.7 Å². The maximum atomic E-state index is 16.5. The van der Waals surface area contributed by atoms with Crippen LogP contribution in [0.25, 0.3) is 22.0 Å². The zero-order valence-electron chi connectivity index (χ0n) is 48.1. The van der Waals surface area contributed by atoms with Gasteiger partial charge in [0.2, 0.25) is 23.7 Å². The van der Waals surface area contributed by atoms with Crippen molar-refractivity contribution < 1.29 is 56.1 Å². The molecule has 2 fully saturated rings. The summed E-state index contributed by atoms with van der Waals surface area (Å²) in [5.41, 5.74) is -3.10. The van der Waals surface area contributed by atoms with Crippen LogP contribution in [0, 0.1) is 40.0 Å². The number of piperazine rings is 1. The largest absolute Gasteiger partial charge is 0.507 e. The lowest BCUT2D eigenvalue weighted by Crippen LogP contribution is -2.48. The number of halogens is 7. The van der Waals surface area contributed by atoms with E-state index in [-0.39, 0.29) is 136 Å². The molecule has 3 heterocycles. The fourth-order valence-corrected chi connectivity index (χ4v) is 11.5. The van der Waals surface area contributed by atoms with Crippen molar-refractivity contribution in [3.05, 3.63) is 134 Å². The molecule has 5 N–H and O–H groups in total. The molecule has 4 atom stereocenters. The summed E-state index contributed by atoms with van der Waals surface area (Å²) in [7, 11) is 2.96. The molecule has 0 aliphatic carbocycles. The van der Waals surface area contributed by atoms with E-state index < -0.39 is 75.2 Å². The summed E-state index contributed by atoms with van der Waals surface area (Å²) >= 11 is 19.0. The van der Waals surface area contributed by atoms with Crippen molar-refractivity contribution in [1.29, 1.82) is 5.26 Å². The second kappa shape index (κ2) is 27.9. The molecule has 86 heavy (non-hydrogen) atoms. The molecule has 2 saturated heterocycles. The van der Waals surface area contributed by atoms with Crippen molar-refractivity contribution in [2.75, 3.05) is 102 Å². The van der Waals surface area contributed by atoms with Crippen molar-refractivity contribution in [2.45, 2.75) is 64.0 Å². The lowest BCUT2D eigenvalue weighted by Gasteiger charge is -2.37. The van der Waals surface area contributed by atoms with E-state index in [4.69, 9.17) is 49.0 Å². The van der Waals surface area contributed by atoms with Crippen molar-refractivity contribution in [1.82, 2.24) is 30.4 Å². The summed E-state index contributed by atoms with van der Waals surface area (Å²) in [6, 6.07) is 17.6. The van der Waals surface area contributed by atoms with Crippen LogP contribution in [0.4, 0.5) is 35.0 Å². The Labute approximate surface area is 510 Å². The Morgan fingerprint density at radius 1 is 0.860 bits per heavy atom. The van der Waals surface area contributed by atoms with Crippen LogP contribution in [0.3, 0.4) is 0 Å². The van der Waals surface area contributed by atoms with E-state index in [1.54, 1.807) is 11.9 Å². The van der Waals surface area contributed by atoms with Crippen LogP contribution in [0.1, 0.15) is 67.9 Å². The summed E-state index contributed by atoms with van der Waals surface area (Å²) in [5.74, 6) is -6.46. The zero-order chi connectivity index (χ0) is 62.2. The summed E-state index contributed by atoms with van der Waals surface area (Å²) in [5, 5.41) is 33.5. The summed E-state index contributed by atoms with van der Waals surface area (Å²) in [4.78, 5) is 67.2. The predicted molar refractivity (Wildman–Crippen MR) is 320 cm³/mol. The van der Waals surface area contributed by atoms with Crippen molar-refractivity contribution >= 4 is 86.8 Å². The number of nitrogens with one attached hydrogen (secondary N) is 4. The monoisotopic (exact) mass is 1250 g/mol. The topological polar surface area (TPSA) is 224 Å². The second-order valence-corrected chi connectivity index (χ2v) is 23.3. The molecule has 0 radical (unpaired) electrons. The van der Waals surface area contributed by atoms with Gasteiger partial charge in [-0.3, -0.25) is 19.2 Å². The van der Waals surface area contributed by atoms with Crippen molar-refractivity contribution in [2.24, 2.45) is 5.41 Å². The fourth-order valence-electron chi connectivity index (χ4n) is 10.9. The Hall–Kier alpha value is -7.52. The first-order chi connectivity index (χ1) is 41.0. The molecule has 0 bridgehead atoms. The van der Waals surface area contributed by atoms with E-state index in [0.717, 1.165) is 12.1 Å². The highest BCUT2D eigenvalue weighted by molar-refractivity contribution is 6.34. The number of phenols is 1. The first kappa shape index (κ1) is 64.5. The number of aromatic nitrogens is 2. The van der Waals surface area contributed by atoms with Crippen molar-refractivity contribution in [3.63, 3.8) is 0 Å². The summed E-state index contributed by atoms with van der Waals surface area (Å²) < 4.78 is 80.8. The van der Waals surface area contributed by atoms with Crippen LogP contribution in [0.2, 0.25) is 15.1 Å². The normalized spacial score (nSPS) is 17.7. The Balaban J connectivity index is 0.809. The number of rotatable bonds is 22. The highest BCUT2D eigenvalue weighted by Gasteiger charge is 2.61. The molecular formula is C61H65Cl3F4N10O8. The lowest BCUT2D eigenvalue weighted by atomic mass is 9.62. The van der Waals surface area contributed by atoms with E-state index in [9.17, 15) is 29.5 Å². The molecule has 18 nitrogen and oxygen atoms in total. The standard InChI is InChI=1S/C61H65Cl3F4N10O8/c1-34(79)77-20-22-78(23-21-77)56-38-31-41(64)49(50-42(65)11-8-12-45(50)80)53(68)54(38)74-59(75-56)71-18-17-48(81)76(5)24-26-86-28-27-85-25-19-70-57(82)35-13-16-44(46(29-35)84-6)72-58(83)55-51(37-9-7-10-40(63)52(37)67)61(33-69,47(73-55)32-60(2,3)4)39-15-14-36(62)30-43(39)66/h7-16,29-31,47,51,55,73,80H,17-28,32H2,1-6H3,(H,70,82)(H,72,83)(H,71,74,75)/t47-,51-,55+,61-/m0/s1. The average molecular weight is 1250 g/mol. The third-order valence-electron chi connectivity index (χ3n) is 15.1. The minimum absolute atomic E-state index is 0.00269. The third-order valence-corrected chi connectivity index (χ3v) is 15.9. The smallest absolute Gasteiger partial charge is 0.251 e. The number of hydrogen-bond donors (Lipinski definition) is 5. The van der Waals surface area contributed by atoms with Crippen LogP contribution in [-0.4, -0.2) is 147 Å². The number of amides is 4. The van der Waals surface area contributed by atoms with Gasteiger partial charge in [-0.25, -0.2) is 22.5 Å². The Kier molecular flexibility index (Phi) is 20.9. The number of phenolic OH excluding ortho intramolecular Hbond substituents is 1. The maximum Gasteiger partial charge on any atom is 0.251 e. The zero-order valence-corrected chi connectivity index (χ0v) is 50.3. The minimum Gasteiger partial charge on any atom is -0.507 e. The molecule has 0 spiro atoms. The van der Waals surface area contributed by atoms with Crippen LogP contribution in [-0.2, 0) is 29.3 Å². The van der Waals surface area contributed by atoms with E-state index in [2.05, 4.69) is 37.3 Å². The van der Waals surface area contributed by atoms with Crippen LogP contribution < -0.4 is 30.9 Å². The quantitative estimate of drug-likeness (QED) is 0.0315. The van der Waals surface area contributed by atoms with E-state index in [1.165, 1.54) is 85.7 Å². The van der Waals surface area contributed by atoms with Crippen LogP contribution in [0.15, 0.2) is 78.9 Å². The average Bonchev–Trinajstić information content (AvgIpc) is 1.50. The number of carbonyl (C=O) groups excluding carboxylic acids is 4. The van der Waals surface area contributed by atoms with Crippen LogP contribution >= 0.6 is 34.8 Å². The Bertz CT molecular complexity index is 3550. The molecule has 8 rings (SSSR count). The molecular weight excluding hydrogens is 1180 g/mol.